The quantitative estimate of drug-likeness (QED) is 0.498. The molecule has 1 unspecified atom stereocenters. The minimum atomic E-state index is 0.0640. The van der Waals surface area contributed by atoms with E-state index in [1.54, 1.807) is 0 Å². The van der Waals surface area contributed by atoms with Crippen LogP contribution in [0.25, 0.3) is 0 Å². The van der Waals surface area contributed by atoms with Crippen LogP contribution in [-0.4, -0.2) is 12.0 Å². The van der Waals surface area contributed by atoms with Gasteiger partial charge in [-0.1, -0.05) is 12.1 Å². The third-order valence-corrected chi connectivity index (χ3v) is 1.96. The molecule has 0 bridgehead atoms. The van der Waals surface area contributed by atoms with E-state index in [0.29, 0.717) is 5.88 Å². The highest BCUT2D eigenvalue weighted by atomic mass is 35.5. The molecule has 1 atom stereocenters. The van der Waals surface area contributed by atoms with Crippen LogP contribution in [0, 0.1) is 0 Å². The molecule has 0 radical (unpaired) electrons. The van der Waals surface area contributed by atoms with Crippen molar-refractivity contribution in [2.24, 2.45) is 4.99 Å². The number of rotatable bonds is 1. The summed E-state index contributed by atoms with van der Waals surface area (Å²) < 4.78 is 0. The third kappa shape index (κ3) is 1.14. The number of para-hydroxylation sites is 2. The van der Waals surface area contributed by atoms with Gasteiger partial charge in [0.25, 0.3) is 6.17 Å². The van der Waals surface area contributed by atoms with Gasteiger partial charge in [-0.05, 0) is 6.07 Å². The van der Waals surface area contributed by atoms with Crippen molar-refractivity contribution >= 4 is 11.6 Å². The number of halogens is 1. The van der Waals surface area contributed by atoms with Gasteiger partial charge in [-0.15, -0.1) is 11.6 Å². The molecule has 0 aliphatic carbocycles. The monoisotopic (exact) mass is 167 g/mol. The van der Waals surface area contributed by atoms with Crippen LogP contribution in [0.4, 0.5) is 0 Å². The number of nitrogens with zero attached hydrogens (tertiary/aromatic N) is 1. The van der Waals surface area contributed by atoms with E-state index in [4.69, 9.17) is 11.6 Å². The van der Waals surface area contributed by atoms with Crippen LogP contribution >= 0.6 is 11.6 Å². The van der Waals surface area contributed by atoms with Crippen molar-refractivity contribution < 1.29 is 4.99 Å². The Hall–Kier alpha value is -0.890. The van der Waals surface area contributed by atoms with Crippen LogP contribution < -0.4 is 15.7 Å². The van der Waals surface area contributed by atoms with E-state index in [-0.39, 0.29) is 6.17 Å². The van der Waals surface area contributed by atoms with Crippen LogP contribution in [0.15, 0.2) is 29.3 Å². The molecule has 2 nitrogen and oxygen atoms in total. The van der Waals surface area contributed by atoms with Crippen molar-refractivity contribution in [1.82, 2.24) is 0 Å². The highest BCUT2D eigenvalue weighted by Gasteiger charge is 2.13. The number of benzene rings is 1. The summed E-state index contributed by atoms with van der Waals surface area (Å²) in [4.78, 5) is 7.51. The SMILES string of the molecule is ClCC1N=c2ccccc2=[NH+]1. The summed E-state index contributed by atoms with van der Waals surface area (Å²) in [6.07, 6.45) is 0.0640. The second-order valence-electron chi connectivity index (χ2n) is 2.46. The Labute approximate surface area is 69.2 Å². The lowest BCUT2D eigenvalue weighted by atomic mass is 10.3. The van der Waals surface area contributed by atoms with E-state index < -0.39 is 0 Å². The Morgan fingerprint density at radius 1 is 1.45 bits per heavy atom. The lowest BCUT2D eigenvalue weighted by molar-refractivity contribution is -0.529. The molecule has 0 saturated heterocycles. The van der Waals surface area contributed by atoms with Gasteiger partial charge < -0.3 is 0 Å². The van der Waals surface area contributed by atoms with E-state index >= 15 is 0 Å². The van der Waals surface area contributed by atoms with Crippen LogP contribution in [-0.2, 0) is 0 Å². The Morgan fingerprint density at radius 3 is 3.00 bits per heavy atom. The molecule has 1 aromatic carbocycles. The molecule has 11 heavy (non-hydrogen) atoms. The topological polar surface area (TPSA) is 26.3 Å². The summed E-state index contributed by atoms with van der Waals surface area (Å²) in [5.74, 6) is 0.523. The zero-order valence-electron chi connectivity index (χ0n) is 5.92. The first-order chi connectivity index (χ1) is 5.40. The van der Waals surface area contributed by atoms with Crippen molar-refractivity contribution in [2.45, 2.75) is 6.17 Å². The van der Waals surface area contributed by atoms with Crippen molar-refractivity contribution in [3.8, 4) is 0 Å². The van der Waals surface area contributed by atoms with Crippen molar-refractivity contribution in [2.75, 3.05) is 5.88 Å². The fourth-order valence-corrected chi connectivity index (χ4v) is 1.31. The number of hydrogen-bond donors (Lipinski definition) is 1. The molecule has 1 aromatic rings. The summed E-state index contributed by atoms with van der Waals surface area (Å²) in [7, 11) is 0. The van der Waals surface area contributed by atoms with E-state index in [9.17, 15) is 0 Å². The maximum Gasteiger partial charge on any atom is 0.258 e. The molecule has 3 heteroatoms. The van der Waals surface area contributed by atoms with Crippen LogP contribution in [0.1, 0.15) is 0 Å². The van der Waals surface area contributed by atoms with Gasteiger partial charge in [0.2, 0.25) is 5.36 Å². The first-order valence-electron chi connectivity index (χ1n) is 3.52. The number of nitrogens with one attached hydrogen (secondary N) is 1. The lowest BCUT2D eigenvalue weighted by Crippen LogP contribution is -2.81. The molecule has 0 saturated carbocycles. The van der Waals surface area contributed by atoms with E-state index in [1.165, 1.54) is 0 Å². The average molecular weight is 168 g/mol. The van der Waals surface area contributed by atoms with Gasteiger partial charge in [0, 0.05) is 6.07 Å². The molecular formula is C8H8ClN2+. The second-order valence-corrected chi connectivity index (χ2v) is 2.77. The second kappa shape index (κ2) is 2.62. The Balaban J connectivity index is 2.61. The van der Waals surface area contributed by atoms with Gasteiger partial charge in [0.1, 0.15) is 11.2 Å². The highest BCUT2D eigenvalue weighted by molar-refractivity contribution is 6.18. The molecule has 1 N–H and O–H groups in total. The molecule has 0 spiro atoms. The standard InChI is InChI=1S/C8H7ClN2/c9-5-8-10-6-3-1-2-4-7(6)11-8/h1-4,8H,5H2/p+1. The Bertz CT molecular complexity index is 337. The predicted octanol–water partition coefficient (Wildman–Crippen LogP) is -1.42. The van der Waals surface area contributed by atoms with E-state index in [2.05, 4.69) is 9.98 Å². The van der Waals surface area contributed by atoms with E-state index in [0.717, 1.165) is 10.7 Å². The number of alkyl halides is 1. The molecular weight excluding hydrogens is 160 g/mol. The fraction of sp³-hybridized carbons (Fsp3) is 0.250. The van der Waals surface area contributed by atoms with Gasteiger partial charge >= 0.3 is 0 Å². The molecule has 0 amide bonds. The van der Waals surface area contributed by atoms with Gasteiger partial charge in [0.15, 0.2) is 0 Å². The molecule has 1 heterocycles. The number of fused-ring (bicyclic) bond motifs is 1. The summed E-state index contributed by atoms with van der Waals surface area (Å²) in [6.45, 7) is 0. The smallest absolute Gasteiger partial charge is 0.216 e. The summed E-state index contributed by atoms with van der Waals surface area (Å²) in [6, 6.07) is 7.94. The van der Waals surface area contributed by atoms with E-state index in [1.807, 2.05) is 24.3 Å². The molecule has 0 aromatic heterocycles. The molecule has 1 aliphatic rings. The first-order valence-corrected chi connectivity index (χ1v) is 4.06. The Kier molecular flexibility index (Phi) is 1.62. The van der Waals surface area contributed by atoms with Gasteiger partial charge in [-0.25, -0.2) is 9.98 Å². The Morgan fingerprint density at radius 2 is 2.27 bits per heavy atom. The van der Waals surface area contributed by atoms with Crippen LogP contribution in [0.5, 0.6) is 0 Å². The molecule has 1 aliphatic heterocycles. The van der Waals surface area contributed by atoms with Crippen molar-refractivity contribution in [3.63, 3.8) is 0 Å². The largest absolute Gasteiger partial charge is 0.258 e. The minimum absolute atomic E-state index is 0.0640. The fourth-order valence-electron chi connectivity index (χ4n) is 1.16. The zero-order chi connectivity index (χ0) is 7.68. The maximum atomic E-state index is 5.64. The molecule has 2 rings (SSSR count). The van der Waals surface area contributed by atoms with Gasteiger partial charge in [-0.3, -0.25) is 0 Å². The van der Waals surface area contributed by atoms with Crippen LogP contribution in [0.3, 0.4) is 0 Å². The maximum absolute atomic E-state index is 5.64. The summed E-state index contributed by atoms with van der Waals surface area (Å²) in [5, 5.41) is 2.09. The number of hydrogen-bond acceptors (Lipinski definition) is 1. The van der Waals surface area contributed by atoms with Crippen LogP contribution in [0.2, 0.25) is 0 Å². The minimum Gasteiger partial charge on any atom is -0.216 e. The zero-order valence-corrected chi connectivity index (χ0v) is 6.67. The lowest BCUT2D eigenvalue weighted by Gasteiger charge is -1.85. The normalized spacial score (nSPS) is 20.3. The van der Waals surface area contributed by atoms with Crippen molar-refractivity contribution in [3.05, 3.63) is 35.0 Å². The summed E-state index contributed by atoms with van der Waals surface area (Å²) in [5.41, 5.74) is 0. The molecule has 56 valence electrons. The van der Waals surface area contributed by atoms with Gasteiger partial charge in [-0.2, -0.15) is 0 Å². The predicted molar refractivity (Wildman–Crippen MR) is 41.8 cm³/mol. The third-order valence-electron chi connectivity index (χ3n) is 1.67. The first kappa shape index (κ1) is 6.80. The highest BCUT2D eigenvalue weighted by Crippen LogP contribution is 1.82. The molecule has 0 fully saturated rings. The summed E-state index contributed by atoms with van der Waals surface area (Å²) >= 11 is 5.64. The average Bonchev–Trinajstić information content (AvgIpc) is 2.46. The van der Waals surface area contributed by atoms with Crippen molar-refractivity contribution in [1.29, 1.82) is 0 Å². The van der Waals surface area contributed by atoms with Gasteiger partial charge in [0.05, 0.1) is 0 Å².